The Hall–Kier alpha value is -1.55. The Morgan fingerprint density at radius 2 is 1.91 bits per heavy atom. The van der Waals surface area contributed by atoms with E-state index < -0.39 is 0 Å². The van der Waals surface area contributed by atoms with Crippen LogP contribution in [0.1, 0.15) is 59.1 Å². The third-order valence-electron chi connectivity index (χ3n) is 3.42. The standard InChI is InChI=1S/C19H33N3O/c1-7-15(3)22-18(20-8-2)21-13-16-10-9-11-17(12-16)14-23-19(4,5)6/h9-12,15H,7-8,13-14H2,1-6H3,(H2,20,21,22). The van der Waals surface area contributed by atoms with Crippen molar-refractivity contribution in [3.8, 4) is 0 Å². The molecule has 1 aromatic carbocycles. The second-order valence-electron chi connectivity index (χ2n) is 6.87. The van der Waals surface area contributed by atoms with Gasteiger partial charge in [-0.2, -0.15) is 0 Å². The zero-order chi connectivity index (χ0) is 17.3. The normalized spacial score (nSPS) is 13.7. The number of guanidine groups is 1. The van der Waals surface area contributed by atoms with Crippen molar-refractivity contribution >= 4 is 5.96 Å². The smallest absolute Gasteiger partial charge is 0.191 e. The minimum atomic E-state index is -0.118. The van der Waals surface area contributed by atoms with Crippen LogP contribution in [0, 0.1) is 0 Å². The van der Waals surface area contributed by atoms with Crippen LogP contribution in [0.2, 0.25) is 0 Å². The molecular formula is C19H33N3O. The van der Waals surface area contributed by atoms with Crippen LogP contribution >= 0.6 is 0 Å². The van der Waals surface area contributed by atoms with Gasteiger partial charge in [0, 0.05) is 12.6 Å². The van der Waals surface area contributed by atoms with E-state index in [1.165, 1.54) is 11.1 Å². The van der Waals surface area contributed by atoms with Crippen molar-refractivity contribution in [2.45, 2.75) is 72.8 Å². The van der Waals surface area contributed by atoms with Crippen LogP contribution in [0.4, 0.5) is 0 Å². The molecule has 2 N–H and O–H groups in total. The van der Waals surface area contributed by atoms with Gasteiger partial charge in [0.05, 0.1) is 18.8 Å². The van der Waals surface area contributed by atoms with Gasteiger partial charge in [0.15, 0.2) is 5.96 Å². The van der Waals surface area contributed by atoms with E-state index in [1.54, 1.807) is 0 Å². The van der Waals surface area contributed by atoms with Gasteiger partial charge in [0.25, 0.3) is 0 Å². The van der Waals surface area contributed by atoms with E-state index in [4.69, 9.17) is 4.74 Å². The van der Waals surface area contributed by atoms with Crippen molar-refractivity contribution in [3.63, 3.8) is 0 Å². The Balaban J connectivity index is 2.69. The van der Waals surface area contributed by atoms with E-state index in [-0.39, 0.29) is 5.60 Å². The quantitative estimate of drug-likeness (QED) is 0.592. The first-order valence-corrected chi connectivity index (χ1v) is 8.60. The molecular weight excluding hydrogens is 286 g/mol. The molecule has 0 radical (unpaired) electrons. The van der Waals surface area contributed by atoms with E-state index in [1.807, 2.05) is 0 Å². The molecule has 0 aromatic heterocycles. The molecule has 0 saturated carbocycles. The zero-order valence-electron chi connectivity index (χ0n) is 15.6. The van der Waals surface area contributed by atoms with Gasteiger partial charge in [-0.15, -0.1) is 0 Å². The summed E-state index contributed by atoms with van der Waals surface area (Å²) in [5.74, 6) is 0.873. The maximum Gasteiger partial charge on any atom is 0.191 e. The number of rotatable bonds is 7. The summed E-state index contributed by atoms with van der Waals surface area (Å²) < 4.78 is 5.84. The van der Waals surface area contributed by atoms with Crippen molar-refractivity contribution in [2.24, 2.45) is 4.99 Å². The fourth-order valence-corrected chi connectivity index (χ4v) is 1.94. The van der Waals surface area contributed by atoms with Crippen molar-refractivity contribution in [1.82, 2.24) is 10.6 Å². The lowest BCUT2D eigenvalue weighted by Gasteiger charge is -2.19. The highest BCUT2D eigenvalue weighted by atomic mass is 16.5. The molecule has 1 atom stereocenters. The molecule has 0 aliphatic carbocycles. The largest absolute Gasteiger partial charge is 0.371 e. The predicted molar refractivity (Wildman–Crippen MR) is 98.7 cm³/mol. The number of nitrogens with zero attached hydrogens (tertiary/aromatic N) is 1. The Kier molecular flexibility index (Phi) is 8.10. The van der Waals surface area contributed by atoms with Gasteiger partial charge in [-0.3, -0.25) is 0 Å². The minimum Gasteiger partial charge on any atom is -0.371 e. The van der Waals surface area contributed by atoms with Gasteiger partial charge < -0.3 is 15.4 Å². The molecule has 1 aromatic rings. The summed E-state index contributed by atoms with van der Waals surface area (Å²) in [5.41, 5.74) is 2.26. The molecule has 0 aliphatic rings. The summed E-state index contributed by atoms with van der Waals surface area (Å²) in [7, 11) is 0. The van der Waals surface area contributed by atoms with E-state index in [0.717, 1.165) is 18.9 Å². The number of hydrogen-bond donors (Lipinski definition) is 2. The Morgan fingerprint density at radius 1 is 1.22 bits per heavy atom. The summed E-state index contributed by atoms with van der Waals surface area (Å²) in [4.78, 5) is 4.68. The lowest BCUT2D eigenvalue weighted by Crippen LogP contribution is -2.41. The van der Waals surface area contributed by atoms with E-state index in [0.29, 0.717) is 19.2 Å². The van der Waals surface area contributed by atoms with Crippen molar-refractivity contribution in [1.29, 1.82) is 0 Å². The molecule has 23 heavy (non-hydrogen) atoms. The van der Waals surface area contributed by atoms with Crippen LogP contribution in [0.15, 0.2) is 29.3 Å². The first-order chi connectivity index (χ1) is 10.8. The molecule has 130 valence electrons. The maximum absolute atomic E-state index is 5.84. The maximum atomic E-state index is 5.84. The molecule has 1 unspecified atom stereocenters. The van der Waals surface area contributed by atoms with Crippen LogP contribution in [-0.4, -0.2) is 24.1 Å². The number of benzene rings is 1. The van der Waals surface area contributed by atoms with E-state index >= 15 is 0 Å². The van der Waals surface area contributed by atoms with Gasteiger partial charge in [-0.25, -0.2) is 4.99 Å². The highest BCUT2D eigenvalue weighted by Gasteiger charge is 2.10. The summed E-state index contributed by atoms with van der Waals surface area (Å²) in [5, 5.41) is 6.70. The number of nitrogens with one attached hydrogen (secondary N) is 2. The first-order valence-electron chi connectivity index (χ1n) is 8.60. The average Bonchev–Trinajstić information content (AvgIpc) is 2.50. The molecule has 4 nitrogen and oxygen atoms in total. The number of aliphatic imine (C=N–C) groups is 1. The van der Waals surface area contributed by atoms with Crippen LogP contribution in [0.3, 0.4) is 0 Å². The molecule has 0 heterocycles. The third kappa shape index (κ3) is 8.60. The van der Waals surface area contributed by atoms with Crippen molar-refractivity contribution in [2.75, 3.05) is 6.54 Å². The van der Waals surface area contributed by atoms with Crippen LogP contribution < -0.4 is 10.6 Å². The van der Waals surface area contributed by atoms with Crippen LogP contribution in [0.25, 0.3) is 0 Å². The Labute approximate surface area is 141 Å². The van der Waals surface area contributed by atoms with E-state index in [2.05, 4.69) is 81.4 Å². The molecule has 0 amide bonds. The summed E-state index contributed by atoms with van der Waals surface area (Å²) in [6, 6.07) is 8.86. The summed E-state index contributed by atoms with van der Waals surface area (Å²) in [6.45, 7) is 14.8. The fourth-order valence-electron chi connectivity index (χ4n) is 1.94. The molecule has 1 rings (SSSR count). The lowest BCUT2D eigenvalue weighted by atomic mass is 10.1. The molecule has 0 aliphatic heterocycles. The average molecular weight is 319 g/mol. The fraction of sp³-hybridized carbons (Fsp3) is 0.632. The lowest BCUT2D eigenvalue weighted by molar-refractivity contribution is -0.0149. The molecule has 0 spiro atoms. The highest BCUT2D eigenvalue weighted by molar-refractivity contribution is 5.80. The predicted octanol–water partition coefficient (Wildman–Crippen LogP) is 3.86. The minimum absolute atomic E-state index is 0.118. The molecule has 4 heteroatoms. The van der Waals surface area contributed by atoms with E-state index in [9.17, 15) is 0 Å². The van der Waals surface area contributed by atoms with Gasteiger partial charge in [0.2, 0.25) is 0 Å². The SMILES string of the molecule is CCNC(=NCc1cccc(COC(C)(C)C)c1)NC(C)CC. The second-order valence-corrected chi connectivity index (χ2v) is 6.87. The second kappa shape index (κ2) is 9.56. The van der Waals surface area contributed by atoms with Gasteiger partial charge >= 0.3 is 0 Å². The van der Waals surface area contributed by atoms with Gasteiger partial charge in [0.1, 0.15) is 0 Å². The molecule has 0 bridgehead atoms. The van der Waals surface area contributed by atoms with Crippen LogP contribution in [0.5, 0.6) is 0 Å². The highest BCUT2D eigenvalue weighted by Crippen LogP contribution is 2.13. The monoisotopic (exact) mass is 319 g/mol. The topological polar surface area (TPSA) is 45.7 Å². The Bertz CT molecular complexity index is 492. The molecule has 0 saturated heterocycles. The number of hydrogen-bond acceptors (Lipinski definition) is 2. The third-order valence-corrected chi connectivity index (χ3v) is 3.42. The molecule has 0 fully saturated rings. The van der Waals surface area contributed by atoms with Gasteiger partial charge in [-0.1, -0.05) is 31.2 Å². The first kappa shape index (κ1) is 19.5. The summed E-state index contributed by atoms with van der Waals surface area (Å²) in [6.07, 6.45) is 1.07. The van der Waals surface area contributed by atoms with Crippen LogP contribution in [-0.2, 0) is 17.9 Å². The zero-order valence-corrected chi connectivity index (χ0v) is 15.6. The van der Waals surface area contributed by atoms with Crippen molar-refractivity contribution in [3.05, 3.63) is 35.4 Å². The number of ether oxygens (including phenoxy) is 1. The van der Waals surface area contributed by atoms with Gasteiger partial charge in [-0.05, 0) is 52.2 Å². The summed E-state index contributed by atoms with van der Waals surface area (Å²) >= 11 is 0. The Morgan fingerprint density at radius 3 is 2.52 bits per heavy atom. The van der Waals surface area contributed by atoms with Crippen molar-refractivity contribution < 1.29 is 4.74 Å².